The molecule has 1 aromatic rings. The van der Waals surface area contributed by atoms with Crippen LogP contribution in [0, 0.1) is 11.8 Å². The molecule has 1 saturated carbocycles. The molecule has 5 atom stereocenters. The van der Waals surface area contributed by atoms with Gasteiger partial charge in [0.2, 0.25) is 0 Å². The number of halogens is 1. The van der Waals surface area contributed by atoms with Crippen molar-refractivity contribution in [2.75, 3.05) is 7.11 Å². The molecular formula is C24H37ClO3. The van der Waals surface area contributed by atoms with Crippen molar-refractivity contribution in [3.05, 3.63) is 47.5 Å². The summed E-state index contributed by atoms with van der Waals surface area (Å²) in [5.41, 5.74) is 2.19. The standard InChI is InChI=1S/C24H37ClO3/c1-3-4-5-6-7-11-21-22(24(27)16-23(21)25)13-12-20(26)15-18-9-8-10-19(14-18)17-28-2/h8-10,12-14,20-24,26-27H,3-7,11,15-17H2,1-2H3/b13-12+/t20-,21-,22-,23-,24-/m1/s1. The molecule has 1 aliphatic rings. The SMILES string of the molecule is CCCCCCC[C@@H]1[C@@H](/C=C/[C@@H](O)Cc2cccc(COC)c2)[C@H](O)C[C@H]1Cl. The number of hydrogen-bond donors (Lipinski definition) is 2. The Bertz CT molecular complexity index is 589. The summed E-state index contributed by atoms with van der Waals surface area (Å²) in [6, 6.07) is 8.11. The highest BCUT2D eigenvalue weighted by Gasteiger charge is 2.39. The molecule has 158 valence electrons. The highest BCUT2D eigenvalue weighted by atomic mass is 35.5. The van der Waals surface area contributed by atoms with E-state index in [0.717, 1.165) is 17.5 Å². The van der Waals surface area contributed by atoms with Gasteiger partial charge >= 0.3 is 0 Å². The van der Waals surface area contributed by atoms with E-state index in [4.69, 9.17) is 16.3 Å². The van der Waals surface area contributed by atoms with Crippen LogP contribution >= 0.6 is 11.6 Å². The average Bonchev–Trinajstić information content (AvgIpc) is 2.93. The van der Waals surface area contributed by atoms with Crippen LogP contribution < -0.4 is 0 Å². The molecule has 28 heavy (non-hydrogen) atoms. The van der Waals surface area contributed by atoms with E-state index in [1.54, 1.807) is 7.11 Å². The van der Waals surface area contributed by atoms with Crippen molar-refractivity contribution in [3.8, 4) is 0 Å². The number of rotatable bonds is 12. The van der Waals surface area contributed by atoms with E-state index in [0.29, 0.717) is 25.4 Å². The highest BCUT2D eigenvalue weighted by molar-refractivity contribution is 6.21. The van der Waals surface area contributed by atoms with Crippen LogP contribution in [0.2, 0.25) is 0 Å². The minimum atomic E-state index is -0.565. The van der Waals surface area contributed by atoms with Gasteiger partial charge in [0, 0.05) is 24.8 Å². The Hall–Kier alpha value is -0.870. The largest absolute Gasteiger partial charge is 0.392 e. The Kier molecular flexibility index (Phi) is 10.6. The molecule has 0 aromatic heterocycles. The maximum absolute atomic E-state index is 10.5. The minimum Gasteiger partial charge on any atom is -0.392 e. The fraction of sp³-hybridized carbons (Fsp3) is 0.667. The molecule has 0 bridgehead atoms. The van der Waals surface area contributed by atoms with Crippen LogP contribution in [0.1, 0.15) is 63.0 Å². The first kappa shape index (κ1) is 23.4. The lowest BCUT2D eigenvalue weighted by molar-refractivity contribution is 0.138. The molecular weight excluding hydrogens is 372 g/mol. The van der Waals surface area contributed by atoms with E-state index < -0.39 is 12.2 Å². The summed E-state index contributed by atoms with van der Waals surface area (Å²) in [6.07, 6.45) is 11.4. The third-order valence-corrected chi connectivity index (χ3v) is 6.32. The van der Waals surface area contributed by atoms with Gasteiger partial charge < -0.3 is 14.9 Å². The Balaban J connectivity index is 1.89. The fourth-order valence-electron chi connectivity index (χ4n) is 4.30. The van der Waals surface area contributed by atoms with Crippen molar-refractivity contribution in [2.24, 2.45) is 11.8 Å². The van der Waals surface area contributed by atoms with Gasteiger partial charge in [0.05, 0.1) is 18.8 Å². The van der Waals surface area contributed by atoms with Crippen LogP contribution in [0.3, 0.4) is 0 Å². The molecule has 4 heteroatoms. The van der Waals surface area contributed by atoms with Gasteiger partial charge in [-0.05, 0) is 29.9 Å². The van der Waals surface area contributed by atoms with Gasteiger partial charge in [0.15, 0.2) is 0 Å². The van der Waals surface area contributed by atoms with Gasteiger partial charge in [-0.2, -0.15) is 0 Å². The van der Waals surface area contributed by atoms with Crippen molar-refractivity contribution in [1.29, 1.82) is 0 Å². The number of alkyl halides is 1. The first-order valence-electron chi connectivity index (χ1n) is 10.8. The molecule has 0 saturated heterocycles. The lowest BCUT2D eigenvalue weighted by Crippen LogP contribution is -2.19. The average molecular weight is 409 g/mol. The fourth-order valence-corrected chi connectivity index (χ4v) is 4.77. The van der Waals surface area contributed by atoms with Gasteiger partial charge in [-0.1, -0.05) is 75.4 Å². The summed E-state index contributed by atoms with van der Waals surface area (Å²) in [4.78, 5) is 0. The zero-order chi connectivity index (χ0) is 20.4. The van der Waals surface area contributed by atoms with Crippen molar-refractivity contribution in [3.63, 3.8) is 0 Å². The lowest BCUT2D eigenvalue weighted by atomic mass is 9.88. The quantitative estimate of drug-likeness (QED) is 0.282. The van der Waals surface area contributed by atoms with Crippen LogP contribution in [0.5, 0.6) is 0 Å². The van der Waals surface area contributed by atoms with Crippen LogP contribution in [0.4, 0.5) is 0 Å². The normalized spacial score (nSPS) is 26.2. The molecule has 3 nitrogen and oxygen atoms in total. The van der Waals surface area contributed by atoms with Gasteiger partial charge in [-0.3, -0.25) is 0 Å². The van der Waals surface area contributed by atoms with Gasteiger partial charge in [-0.25, -0.2) is 0 Å². The summed E-state index contributed by atoms with van der Waals surface area (Å²) >= 11 is 6.53. The maximum atomic E-state index is 10.5. The molecule has 1 fully saturated rings. The van der Waals surface area contributed by atoms with E-state index in [1.807, 2.05) is 30.4 Å². The molecule has 0 aliphatic heterocycles. The number of unbranched alkanes of at least 4 members (excludes halogenated alkanes) is 4. The summed E-state index contributed by atoms with van der Waals surface area (Å²) in [5, 5.41) is 20.9. The van der Waals surface area contributed by atoms with E-state index in [-0.39, 0.29) is 11.3 Å². The number of aliphatic hydroxyl groups is 2. The number of methoxy groups -OCH3 is 1. The van der Waals surface area contributed by atoms with Gasteiger partial charge in [-0.15, -0.1) is 11.6 Å². The second kappa shape index (κ2) is 12.6. The van der Waals surface area contributed by atoms with Crippen molar-refractivity contribution in [2.45, 2.75) is 82.5 Å². The van der Waals surface area contributed by atoms with Crippen LogP contribution in [0.15, 0.2) is 36.4 Å². The molecule has 0 spiro atoms. The highest BCUT2D eigenvalue weighted by Crippen LogP contribution is 2.40. The summed E-state index contributed by atoms with van der Waals surface area (Å²) in [7, 11) is 1.68. The topological polar surface area (TPSA) is 49.7 Å². The van der Waals surface area contributed by atoms with Crippen LogP contribution in [0.25, 0.3) is 0 Å². The zero-order valence-corrected chi connectivity index (χ0v) is 18.2. The van der Waals surface area contributed by atoms with Crippen LogP contribution in [-0.4, -0.2) is 34.9 Å². The first-order chi connectivity index (χ1) is 13.5. The third kappa shape index (κ3) is 7.51. The predicted molar refractivity (Wildman–Crippen MR) is 117 cm³/mol. The third-order valence-electron chi connectivity index (χ3n) is 5.81. The van der Waals surface area contributed by atoms with Gasteiger partial charge in [0.1, 0.15) is 0 Å². The van der Waals surface area contributed by atoms with Crippen molar-refractivity contribution < 1.29 is 14.9 Å². The summed E-state index contributed by atoms with van der Waals surface area (Å²) in [6.45, 7) is 2.80. The zero-order valence-electron chi connectivity index (χ0n) is 17.4. The van der Waals surface area contributed by atoms with E-state index in [2.05, 4.69) is 13.0 Å². The molecule has 2 rings (SSSR count). The Labute approximate surface area is 175 Å². The first-order valence-corrected chi connectivity index (χ1v) is 11.2. The molecule has 1 aliphatic carbocycles. The molecule has 0 heterocycles. The summed E-state index contributed by atoms with van der Waals surface area (Å²) < 4.78 is 5.17. The second-order valence-electron chi connectivity index (χ2n) is 8.17. The smallest absolute Gasteiger partial charge is 0.0761 e. The molecule has 1 aromatic carbocycles. The minimum absolute atomic E-state index is 0.0266. The predicted octanol–water partition coefficient (Wildman–Crippen LogP) is 5.26. The maximum Gasteiger partial charge on any atom is 0.0761 e. The van der Waals surface area contributed by atoms with Crippen molar-refractivity contribution in [1.82, 2.24) is 0 Å². The molecule has 0 amide bonds. The lowest BCUT2D eigenvalue weighted by Gasteiger charge is -2.21. The molecule has 0 radical (unpaired) electrons. The van der Waals surface area contributed by atoms with E-state index >= 15 is 0 Å². The Morgan fingerprint density at radius 2 is 1.96 bits per heavy atom. The molecule has 0 unspecified atom stereocenters. The molecule has 2 N–H and O–H groups in total. The van der Waals surface area contributed by atoms with E-state index in [1.165, 1.54) is 32.1 Å². The van der Waals surface area contributed by atoms with E-state index in [9.17, 15) is 10.2 Å². The number of ether oxygens (including phenoxy) is 1. The number of hydrogen-bond acceptors (Lipinski definition) is 3. The van der Waals surface area contributed by atoms with Gasteiger partial charge in [0.25, 0.3) is 0 Å². The number of aliphatic hydroxyl groups excluding tert-OH is 2. The second-order valence-corrected chi connectivity index (χ2v) is 8.73. The van der Waals surface area contributed by atoms with Crippen molar-refractivity contribution >= 4 is 11.6 Å². The van der Waals surface area contributed by atoms with Crippen LogP contribution in [-0.2, 0) is 17.8 Å². The Morgan fingerprint density at radius 3 is 2.71 bits per heavy atom. The summed E-state index contributed by atoms with van der Waals surface area (Å²) in [5.74, 6) is 0.343. The monoisotopic (exact) mass is 408 g/mol. The number of benzene rings is 1. The Morgan fingerprint density at radius 1 is 1.21 bits per heavy atom.